The Morgan fingerprint density at radius 1 is 1.44 bits per heavy atom. The highest BCUT2D eigenvalue weighted by Crippen LogP contribution is 2.37. The van der Waals surface area contributed by atoms with Gasteiger partial charge in [-0.2, -0.15) is 0 Å². The van der Waals surface area contributed by atoms with Gasteiger partial charge in [-0.3, -0.25) is 10.1 Å². The van der Waals surface area contributed by atoms with E-state index in [1.54, 1.807) is 0 Å². The summed E-state index contributed by atoms with van der Waals surface area (Å²) >= 11 is 0. The van der Waals surface area contributed by atoms with Crippen molar-refractivity contribution >= 4 is 5.97 Å². The van der Waals surface area contributed by atoms with Gasteiger partial charge in [-0.25, -0.2) is 0 Å². The summed E-state index contributed by atoms with van der Waals surface area (Å²) in [5, 5.41) is 12.8. The normalized spacial score (nSPS) is 32.7. The van der Waals surface area contributed by atoms with E-state index in [4.69, 9.17) is 4.74 Å². The van der Waals surface area contributed by atoms with Crippen LogP contribution in [-0.2, 0) is 9.53 Å². The first-order valence-electron chi connectivity index (χ1n) is 7.06. The average Bonchev–Trinajstić information content (AvgIpc) is 3.00. The van der Waals surface area contributed by atoms with Crippen LogP contribution in [0.2, 0.25) is 0 Å². The molecule has 18 heavy (non-hydrogen) atoms. The molecule has 4 nitrogen and oxygen atoms in total. The Balaban J connectivity index is 1.97. The molecule has 104 valence electrons. The van der Waals surface area contributed by atoms with Crippen LogP contribution >= 0.6 is 0 Å². The summed E-state index contributed by atoms with van der Waals surface area (Å²) in [7, 11) is 0. The molecule has 0 heterocycles. The summed E-state index contributed by atoms with van der Waals surface area (Å²) in [6.45, 7) is 6.24. The molecule has 2 rings (SSSR count). The minimum Gasteiger partial charge on any atom is -0.480 e. The Labute approximate surface area is 109 Å². The SMILES string of the molecule is CCC(C)(C)OC1CCC(NC2CC2)(C(=O)O)C1. The lowest BCUT2D eigenvalue weighted by Crippen LogP contribution is -2.51. The van der Waals surface area contributed by atoms with Gasteiger partial charge in [-0.15, -0.1) is 0 Å². The molecule has 0 aromatic heterocycles. The monoisotopic (exact) mass is 255 g/mol. The second-order valence-electron chi connectivity index (χ2n) is 6.40. The third kappa shape index (κ3) is 3.04. The molecule has 2 aliphatic carbocycles. The van der Waals surface area contributed by atoms with Gasteiger partial charge in [0.25, 0.3) is 0 Å². The van der Waals surface area contributed by atoms with E-state index in [2.05, 4.69) is 26.1 Å². The van der Waals surface area contributed by atoms with Crippen LogP contribution in [0, 0.1) is 0 Å². The van der Waals surface area contributed by atoms with Gasteiger partial charge in [0.2, 0.25) is 0 Å². The predicted molar refractivity (Wildman–Crippen MR) is 69.6 cm³/mol. The Kier molecular flexibility index (Phi) is 3.70. The molecule has 2 unspecified atom stereocenters. The van der Waals surface area contributed by atoms with Crippen molar-refractivity contribution < 1.29 is 14.6 Å². The highest BCUT2D eigenvalue weighted by Gasteiger charge is 2.49. The minimum absolute atomic E-state index is 0.0716. The highest BCUT2D eigenvalue weighted by atomic mass is 16.5. The molecule has 0 aliphatic heterocycles. The quantitative estimate of drug-likeness (QED) is 0.764. The van der Waals surface area contributed by atoms with E-state index in [0.717, 1.165) is 25.7 Å². The van der Waals surface area contributed by atoms with Gasteiger partial charge in [0.05, 0.1) is 11.7 Å². The summed E-state index contributed by atoms with van der Waals surface area (Å²) in [6, 6.07) is 0.416. The lowest BCUT2D eigenvalue weighted by molar-refractivity contribution is -0.146. The Morgan fingerprint density at radius 3 is 2.61 bits per heavy atom. The smallest absolute Gasteiger partial charge is 0.324 e. The van der Waals surface area contributed by atoms with Crippen molar-refractivity contribution in [3.05, 3.63) is 0 Å². The molecule has 2 saturated carbocycles. The van der Waals surface area contributed by atoms with Crippen molar-refractivity contribution in [2.75, 3.05) is 0 Å². The van der Waals surface area contributed by atoms with Gasteiger partial charge >= 0.3 is 5.97 Å². The summed E-state index contributed by atoms with van der Waals surface area (Å²) < 4.78 is 6.05. The average molecular weight is 255 g/mol. The number of rotatable bonds is 6. The molecule has 2 atom stereocenters. The van der Waals surface area contributed by atoms with Crippen molar-refractivity contribution in [3.63, 3.8) is 0 Å². The third-order valence-corrected chi connectivity index (χ3v) is 4.27. The van der Waals surface area contributed by atoms with Crippen LogP contribution in [0.15, 0.2) is 0 Å². The molecule has 2 N–H and O–H groups in total. The standard InChI is InChI=1S/C14H25NO3/c1-4-13(2,3)18-11-7-8-14(9-11,12(16)17)15-10-5-6-10/h10-11,15H,4-9H2,1-3H3,(H,16,17). The molecule has 0 aromatic rings. The molecule has 0 amide bonds. The molecule has 0 bridgehead atoms. The largest absolute Gasteiger partial charge is 0.480 e. The van der Waals surface area contributed by atoms with Crippen LogP contribution in [0.25, 0.3) is 0 Å². The summed E-state index contributed by atoms with van der Waals surface area (Å²) in [5.41, 5.74) is -0.894. The van der Waals surface area contributed by atoms with Gasteiger partial charge in [0.15, 0.2) is 0 Å². The number of carboxylic acids is 1. The number of carbonyl (C=O) groups is 1. The number of aliphatic carboxylic acids is 1. The predicted octanol–water partition coefficient (Wildman–Crippen LogP) is 2.32. The summed E-state index contributed by atoms with van der Waals surface area (Å²) in [6.07, 6.45) is 5.37. The van der Waals surface area contributed by atoms with E-state index in [1.165, 1.54) is 0 Å². The third-order valence-electron chi connectivity index (χ3n) is 4.27. The number of hydrogen-bond donors (Lipinski definition) is 2. The van der Waals surface area contributed by atoms with Crippen LogP contribution in [0.3, 0.4) is 0 Å². The zero-order valence-electron chi connectivity index (χ0n) is 11.7. The fourth-order valence-electron chi connectivity index (χ4n) is 2.64. The molecule has 0 spiro atoms. The van der Waals surface area contributed by atoms with Gasteiger partial charge in [-0.05, 0) is 46.0 Å². The van der Waals surface area contributed by atoms with Crippen LogP contribution in [0.1, 0.15) is 59.3 Å². The minimum atomic E-state index is -0.740. The van der Waals surface area contributed by atoms with E-state index in [1.807, 2.05) is 0 Å². The molecule has 0 aromatic carbocycles. The fourth-order valence-corrected chi connectivity index (χ4v) is 2.64. The Bertz CT molecular complexity index is 325. The van der Waals surface area contributed by atoms with Crippen LogP contribution in [0.4, 0.5) is 0 Å². The summed E-state index contributed by atoms with van der Waals surface area (Å²) in [4.78, 5) is 11.5. The van der Waals surface area contributed by atoms with Crippen molar-refractivity contribution in [1.29, 1.82) is 0 Å². The van der Waals surface area contributed by atoms with Crippen molar-refractivity contribution in [2.45, 2.75) is 82.6 Å². The molecule has 0 saturated heterocycles. The molecular weight excluding hydrogens is 230 g/mol. The zero-order valence-corrected chi connectivity index (χ0v) is 11.7. The molecule has 2 fully saturated rings. The molecule has 4 heteroatoms. The Morgan fingerprint density at radius 2 is 2.11 bits per heavy atom. The van der Waals surface area contributed by atoms with Gasteiger partial charge in [0, 0.05) is 12.5 Å². The van der Waals surface area contributed by atoms with Crippen LogP contribution < -0.4 is 5.32 Å². The highest BCUT2D eigenvalue weighted by molar-refractivity contribution is 5.79. The van der Waals surface area contributed by atoms with E-state index < -0.39 is 11.5 Å². The van der Waals surface area contributed by atoms with Crippen molar-refractivity contribution in [3.8, 4) is 0 Å². The van der Waals surface area contributed by atoms with E-state index in [-0.39, 0.29) is 11.7 Å². The maximum absolute atomic E-state index is 11.5. The maximum Gasteiger partial charge on any atom is 0.324 e. The van der Waals surface area contributed by atoms with Crippen LogP contribution in [-0.4, -0.2) is 34.4 Å². The molecule has 2 aliphatic rings. The molecule has 0 radical (unpaired) electrons. The van der Waals surface area contributed by atoms with E-state index >= 15 is 0 Å². The van der Waals surface area contributed by atoms with E-state index in [0.29, 0.717) is 18.9 Å². The van der Waals surface area contributed by atoms with E-state index in [9.17, 15) is 9.90 Å². The van der Waals surface area contributed by atoms with Crippen molar-refractivity contribution in [1.82, 2.24) is 5.32 Å². The lowest BCUT2D eigenvalue weighted by Gasteiger charge is -2.30. The fraction of sp³-hybridized carbons (Fsp3) is 0.929. The number of ether oxygens (including phenoxy) is 1. The lowest BCUT2D eigenvalue weighted by atomic mass is 9.97. The first-order chi connectivity index (χ1) is 8.37. The topological polar surface area (TPSA) is 58.6 Å². The van der Waals surface area contributed by atoms with Gasteiger partial charge < -0.3 is 9.84 Å². The number of hydrogen-bond acceptors (Lipinski definition) is 3. The van der Waals surface area contributed by atoms with Crippen LogP contribution in [0.5, 0.6) is 0 Å². The number of carboxylic acid groups (broad SMARTS) is 1. The van der Waals surface area contributed by atoms with Crippen molar-refractivity contribution in [2.24, 2.45) is 0 Å². The maximum atomic E-state index is 11.5. The first-order valence-corrected chi connectivity index (χ1v) is 7.06. The Hall–Kier alpha value is -0.610. The zero-order chi connectivity index (χ0) is 13.4. The van der Waals surface area contributed by atoms with Gasteiger partial charge in [-0.1, -0.05) is 6.92 Å². The summed E-state index contributed by atoms with van der Waals surface area (Å²) in [5.74, 6) is -0.713. The van der Waals surface area contributed by atoms with Gasteiger partial charge in [0.1, 0.15) is 5.54 Å². The molecular formula is C14H25NO3. The number of nitrogens with one attached hydrogen (secondary N) is 1. The first kappa shape index (κ1) is 13.8. The second kappa shape index (κ2) is 4.82. The second-order valence-corrected chi connectivity index (χ2v) is 6.40.